The summed E-state index contributed by atoms with van der Waals surface area (Å²) in [5.74, 6) is 0.923. The van der Waals surface area contributed by atoms with E-state index in [2.05, 4.69) is 4.99 Å². The van der Waals surface area contributed by atoms with Crippen LogP contribution < -0.4 is 0 Å². The number of amidine groups is 1. The molecule has 7 nitrogen and oxygen atoms in total. The topological polar surface area (TPSA) is 89.0 Å². The Labute approximate surface area is 160 Å². The molecule has 0 unspecified atom stereocenters. The molecule has 2 aromatic rings. The first-order valence-electron chi connectivity index (χ1n) is 8.55. The average Bonchev–Trinajstić information content (AvgIpc) is 3.21. The lowest BCUT2D eigenvalue weighted by Crippen LogP contribution is -2.28. The van der Waals surface area contributed by atoms with Crippen LogP contribution in [-0.4, -0.2) is 34.0 Å². The summed E-state index contributed by atoms with van der Waals surface area (Å²) in [7, 11) is 0. The second-order valence-corrected chi connectivity index (χ2v) is 6.89. The Balaban J connectivity index is 1.90. The Morgan fingerprint density at radius 2 is 2.07 bits per heavy atom. The highest BCUT2D eigenvalue weighted by Gasteiger charge is 2.32. The number of nitrogens with zero attached hydrogens (tertiary/aromatic N) is 3. The summed E-state index contributed by atoms with van der Waals surface area (Å²) in [4.78, 5) is 29.7. The molecule has 1 saturated heterocycles. The second-order valence-electron chi connectivity index (χ2n) is 5.88. The molecule has 140 valence electrons. The number of aryl methyl sites for hydroxylation is 1. The number of hydrogen-bond acceptors (Lipinski definition) is 6. The van der Waals surface area contributed by atoms with E-state index < -0.39 is 4.92 Å². The Hall–Kier alpha value is -2.87. The third kappa shape index (κ3) is 3.80. The van der Waals surface area contributed by atoms with Gasteiger partial charge in [-0.15, -0.1) is 0 Å². The molecule has 2 heterocycles. The Kier molecular flexibility index (Phi) is 5.46. The lowest BCUT2D eigenvalue weighted by atomic mass is 10.1. The van der Waals surface area contributed by atoms with Crippen LogP contribution in [0.3, 0.4) is 0 Å². The Morgan fingerprint density at radius 3 is 2.74 bits per heavy atom. The first-order valence-corrected chi connectivity index (χ1v) is 9.37. The van der Waals surface area contributed by atoms with Gasteiger partial charge in [-0.25, -0.2) is 0 Å². The number of furan rings is 1. The van der Waals surface area contributed by atoms with Crippen LogP contribution in [0.25, 0.3) is 17.4 Å². The number of hydrogen-bond donors (Lipinski definition) is 0. The molecule has 0 saturated carbocycles. The summed E-state index contributed by atoms with van der Waals surface area (Å²) in [6.07, 6.45) is 1.68. The van der Waals surface area contributed by atoms with Crippen LogP contribution in [-0.2, 0) is 4.79 Å². The molecule has 1 aliphatic heterocycles. The highest BCUT2D eigenvalue weighted by atomic mass is 32.2. The van der Waals surface area contributed by atoms with Gasteiger partial charge >= 0.3 is 0 Å². The summed E-state index contributed by atoms with van der Waals surface area (Å²) < 4.78 is 5.80. The van der Waals surface area contributed by atoms with Crippen molar-refractivity contribution in [2.45, 2.75) is 20.8 Å². The van der Waals surface area contributed by atoms with Crippen LogP contribution in [0.2, 0.25) is 0 Å². The SMILES string of the molecule is CCN=C1S/C(=C/c2ccc(-c3ccc(C)c([N+](=O)[O-])c3)o2)C(=O)N1CC. The minimum atomic E-state index is -0.410. The summed E-state index contributed by atoms with van der Waals surface area (Å²) in [6.45, 7) is 6.68. The van der Waals surface area contributed by atoms with Gasteiger partial charge in [-0.3, -0.25) is 24.8 Å². The van der Waals surface area contributed by atoms with Crippen LogP contribution in [0.15, 0.2) is 44.6 Å². The fourth-order valence-corrected chi connectivity index (χ4v) is 3.80. The summed E-state index contributed by atoms with van der Waals surface area (Å²) in [5, 5.41) is 11.8. The van der Waals surface area contributed by atoms with E-state index in [-0.39, 0.29) is 11.6 Å². The van der Waals surface area contributed by atoms with Crippen LogP contribution in [0.4, 0.5) is 5.69 Å². The predicted octanol–water partition coefficient (Wildman–Crippen LogP) is 4.48. The zero-order valence-corrected chi connectivity index (χ0v) is 16.1. The standard InChI is InChI=1S/C19H19N3O4S/c1-4-20-19-21(5-2)18(23)17(27-19)11-14-8-9-16(26-14)13-7-6-12(3)15(10-13)22(24)25/h6-11H,4-5H2,1-3H3/b17-11+,20-19?. The third-order valence-corrected chi connectivity index (χ3v) is 5.13. The predicted molar refractivity (Wildman–Crippen MR) is 106 cm³/mol. The monoisotopic (exact) mass is 385 g/mol. The van der Waals surface area contributed by atoms with E-state index in [0.717, 1.165) is 0 Å². The molecule has 0 bridgehead atoms. The van der Waals surface area contributed by atoms with Gasteiger partial charge in [0.05, 0.1) is 9.83 Å². The Morgan fingerprint density at radius 1 is 1.30 bits per heavy atom. The molecule has 1 aromatic carbocycles. The van der Waals surface area contributed by atoms with Gasteiger partial charge in [0, 0.05) is 36.4 Å². The van der Waals surface area contributed by atoms with Gasteiger partial charge in [0.1, 0.15) is 11.5 Å². The average molecular weight is 385 g/mol. The van der Waals surface area contributed by atoms with Crippen molar-refractivity contribution in [3.05, 3.63) is 56.7 Å². The number of carbonyl (C=O) groups excluding carboxylic acids is 1. The van der Waals surface area contributed by atoms with E-state index in [0.29, 0.717) is 45.8 Å². The zero-order valence-electron chi connectivity index (χ0n) is 15.3. The maximum Gasteiger partial charge on any atom is 0.273 e. The molecule has 1 aromatic heterocycles. The van der Waals surface area contributed by atoms with Crippen LogP contribution in [0.5, 0.6) is 0 Å². The quantitative estimate of drug-likeness (QED) is 0.430. The molecule has 1 amide bonds. The molecule has 27 heavy (non-hydrogen) atoms. The smallest absolute Gasteiger partial charge is 0.273 e. The number of nitro groups is 1. The molecular formula is C19H19N3O4S. The normalized spacial score (nSPS) is 17.3. The van der Waals surface area contributed by atoms with Gasteiger partial charge < -0.3 is 4.42 Å². The van der Waals surface area contributed by atoms with Crippen molar-refractivity contribution >= 4 is 34.6 Å². The number of rotatable bonds is 5. The molecule has 0 aliphatic carbocycles. The molecule has 1 fully saturated rings. The fraction of sp³-hybridized carbons (Fsp3) is 0.263. The third-order valence-electron chi connectivity index (χ3n) is 4.09. The van der Waals surface area contributed by atoms with Crippen molar-refractivity contribution in [3.8, 4) is 11.3 Å². The van der Waals surface area contributed by atoms with Crippen molar-refractivity contribution in [1.82, 2.24) is 4.90 Å². The highest BCUT2D eigenvalue weighted by Crippen LogP contribution is 2.34. The number of aliphatic imine (C=N–C) groups is 1. The van der Waals surface area contributed by atoms with Crippen LogP contribution in [0, 0.1) is 17.0 Å². The van der Waals surface area contributed by atoms with E-state index in [1.165, 1.54) is 17.8 Å². The van der Waals surface area contributed by atoms with Crippen molar-refractivity contribution in [3.63, 3.8) is 0 Å². The molecular weight excluding hydrogens is 366 g/mol. The lowest BCUT2D eigenvalue weighted by molar-refractivity contribution is -0.385. The number of benzene rings is 1. The van der Waals surface area contributed by atoms with Gasteiger partial charge in [-0.05, 0) is 44.7 Å². The first kappa shape index (κ1) is 18.9. The van der Waals surface area contributed by atoms with E-state index in [9.17, 15) is 14.9 Å². The molecule has 0 atom stereocenters. The first-order chi connectivity index (χ1) is 12.9. The van der Waals surface area contributed by atoms with Gasteiger partial charge in [0.25, 0.3) is 11.6 Å². The van der Waals surface area contributed by atoms with Crippen molar-refractivity contribution < 1.29 is 14.1 Å². The lowest BCUT2D eigenvalue weighted by Gasteiger charge is -2.11. The molecule has 8 heteroatoms. The van der Waals surface area contributed by atoms with Crippen LogP contribution in [0.1, 0.15) is 25.2 Å². The van der Waals surface area contributed by atoms with Crippen molar-refractivity contribution in [1.29, 1.82) is 0 Å². The minimum Gasteiger partial charge on any atom is -0.457 e. The van der Waals surface area contributed by atoms with E-state index in [1.807, 2.05) is 13.8 Å². The van der Waals surface area contributed by atoms with Crippen LogP contribution >= 0.6 is 11.8 Å². The molecule has 0 N–H and O–H groups in total. The van der Waals surface area contributed by atoms with E-state index >= 15 is 0 Å². The second kappa shape index (κ2) is 7.79. The van der Waals surface area contributed by atoms with E-state index in [4.69, 9.17) is 4.42 Å². The largest absolute Gasteiger partial charge is 0.457 e. The maximum absolute atomic E-state index is 12.5. The molecule has 0 radical (unpaired) electrons. The number of thioether (sulfide) groups is 1. The number of likely N-dealkylation sites (N-methyl/N-ethyl adjacent to an activating group) is 1. The number of carbonyl (C=O) groups is 1. The number of nitro benzene ring substituents is 1. The number of amides is 1. The summed E-state index contributed by atoms with van der Waals surface area (Å²) in [6, 6.07) is 8.44. The van der Waals surface area contributed by atoms with Crippen molar-refractivity contribution in [2.75, 3.05) is 13.1 Å². The van der Waals surface area contributed by atoms with Gasteiger partial charge in [0.15, 0.2) is 5.17 Å². The minimum absolute atomic E-state index is 0.0457. The molecule has 3 rings (SSSR count). The fourth-order valence-electron chi connectivity index (χ4n) is 2.71. The van der Waals surface area contributed by atoms with E-state index in [1.54, 1.807) is 42.2 Å². The molecule has 1 aliphatic rings. The van der Waals surface area contributed by atoms with Gasteiger partial charge in [0.2, 0.25) is 0 Å². The Bertz CT molecular complexity index is 962. The summed E-state index contributed by atoms with van der Waals surface area (Å²) >= 11 is 1.32. The highest BCUT2D eigenvalue weighted by molar-refractivity contribution is 8.18. The molecule has 0 spiro atoms. The van der Waals surface area contributed by atoms with Crippen molar-refractivity contribution in [2.24, 2.45) is 4.99 Å². The van der Waals surface area contributed by atoms with Gasteiger partial charge in [-0.1, -0.05) is 12.1 Å². The maximum atomic E-state index is 12.5. The van der Waals surface area contributed by atoms with Gasteiger partial charge in [-0.2, -0.15) is 0 Å². The zero-order chi connectivity index (χ0) is 19.6. The summed E-state index contributed by atoms with van der Waals surface area (Å²) in [5.41, 5.74) is 1.25.